The largest absolute Gasteiger partial charge is 0.479 e. The van der Waals surface area contributed by atoms with E-state index in [1.807, 2.05) is 13.8 Å². The smallest absolute Gasteiger partial charge is 0.408 e. The minimum Gasteiger partial charge on any atom is -0.479 e. The zero-order valence-electron chi connectivity index (χ0n) is 14.4. The lowest BCUT2D eigenvalue weighted by Gasteiger charge is -2.28. The molecule has 1 aliphatic carbocycles. The van der Waals surface area contributed by atoms with Gasteiger partial charge in [0.05, 0.1) is 6.54 Å². The second-order valence-electron chi connectivity index (χ2n) is 8.27. The number of hydrogen-bond donors (Lipinski definition) is 2. The molecule has 1 saturated carbocycles. The fourth-order valence-electron chi connectivity index (χ4n) is 2.94. The summed E-state index contributed by atoms with van der Waals surface area (Å²) in [6.45, 7) is 9.48. The highest BCUT2D eigenvalue weighted by Crippen LogP contribution is 2.52. The SMILES string of the molecule is CC(C)(C)OC(=O)NC1(C(=O)O)CCN(C(=O)C2CC2(C)C)C1. The first kappa shape index (κ1) is 17.6. The molecule has 7 heteroatoms. The van der Waals surface area contributed by atoms with Crippen LogP contribution in [-0.4, -0.2) is 52.2 Å². The summed E-state index contributed by atoms with van der Waals surface area (Å²) in [6.07, 6.45) is 0.225. The van der Waals surface area contributed by atoms with Crippen LogP contribution in [0.5, 0.6) is 0 Å². The summed E-state index contributed by atoms with van der Waals surface area (Å²) in [6, 6.07) is 0. The van der Waals surface area contributed by atoms with Crippen molar-refractivity contribution in [2.45, 2.75) is 58.6 Å². The molecule has 0 spiro atoms. The van der Waals surface area contributed by atoms with E-state index >= 15 is 0 Å². The van der Waals surface area contributed by atoms with E-state index < -0.39 is 23.2 Å². The second kappa shape index (κ2) is 5.39. The standard InChI is InChI=1S/C16H26N2O5/c1-14(2,3)23-13(22)17-16(12(20)21)6-7-18(9-16)11(19)10-8-15(10,4)5/h10H,6-9H2,1-5H3,(H,17,22)(H,20,21). The van der Waals surface area contributed by atoms with Crippen LogP contribution in [0.4, 0.5) is 4.79 Å². The first-order chi connectivity index (χ1) is 10.4. The quantitative estimate of drug-likeness (QED) is 0.821. The molecular weight excluding hydrogens is 300 g/mol. The first-order valence-corrected chi connectivity index (χ1v) is 7.90. The van der Waals surface area contributed by atoms with E-state index in [4.69, 9.17) is 4.74 Å². The van der Waals surface area contributed by atoms with Gasteiger partial charge in [-0.15, -0.1) is 0 Å². The lowest BCUT2D eigenvalue weighted by molar-refractivity contribution is -0.144. The topological polar surface area (TPSA) is 95.9 Å². The monoisotopic (exact) mass is 326 g/mol. The number of ether oxygens (including phenoxy) is 1. The summed E-state index contributed by atoms with van der Waals surface area (Å²) in [4.78, 5) is 37.6. The van der Waals surface area contributed by atoms with Gasteiger partial charge in [-0.05, 0) is 32.6 Å². The lowest BCUT2D eigenvalue weighted by Crippen LogP contribution is -2.57. The van der Waals surface area contributed by atoms with Gasteiger partial charge in [-0.25, -0.2) is 9.59 Å². The predicted molar refractivity (Wildman–Crippen MR) is 82.8 cm³/mol. The molecule has 2 aliphatic rings. The Morgan fingerprint density at radius 1 is 1.26 bits per heavy atom. The number of alkyl carbamates (subject to hydrolysis) is 1. The fourth-order valence-corrected chi connectivity index (χ4v) is 2.94. The van der Waals surface area contributed by atoms with Crippen LogP contribution in [0.25, 0.3) is 0 Å². The first-order valence-electron chi connectivity index (χ1n) is 7.90. The van der Waals surface area contributed by atoms with E-state index in [-0.39, 0.29) is 30.2 Å². The van der Waals surface area contributed by atoms with Gasteiger partial charge in [0, 0.05) is 18.9 Å². The summed E-state index contributed by atoms with van der Waals surface area (Å²) in [5.41, 5.74) is -2.20. The van der Waals surface area contributed by atoms with Crippen molar-refractivity contribution in [2.75, 3.05) is 13.1 Å². The predicted octanol–water partition coefficient (Wildman–Crippen LogP) is 1.61. The molecule has 130 valence electrons. The summed E-state index contributed by atoms with van der Waals surface area (Å²) in [5.74, 6) is -1.22. The van der Waals surface area contributed by atoms with Gasteiger partial charge in [0.1, 0.15) is 5.60 Å². The fraction of sp³-hybridized carbons (Fsp3) is 0.812. The van der Waals surface area contributed by atoms with Gasteiger partial charge in [-0.1, -0.05) is 13.8 Å². The number of likely N-dealkylation sites (tertiary alicyclic amines) is 1. The van der Waals surface area contributed by atoms with Crippen LogP contribution < -0.4 is 5.32 Å². The molecule has 0 bridgehead atoms. The Hall–Kier alpha value is -1.79. The van der Waals surface area contributed by atoms with E-state index in [2.05, 4.69) is 5.32 Å². The van der Waals surface area contributed by atoms with Crippen LogP contribution in [0.15, 0.2) is 0 Å². The summed E-state index contributed by atoms with van der Waals surface area (Å²) in [7, 11) is 0. The van der Waals surface area contributed by atoms with Gasteiger partial charge in [-0.3, -0.25) is 4.79 Å². The van der Waals surface area contributed by atoms with Crippen molar-refractivity contribution >= 4 is 18.0 Å². The molecule has 1 saturated heterocycles. The molecule has 1 aliphatic heterocycles. The van der Waals surface area contributed by atoms with E-state index in [0.717, 1.165) is 6.42 Å². The Labute approximate surface area is 136 Å². The number of carbonyl (C=O) groups excluding carboxylic acids is 2. The van der Waals surface area contributed by atoms with E-state index in [1.165, 1.54) is 0 Å². The normalized spacial score (nSPS) is 29.1. The highest BCUT2D eigenvalue weighted by Gasteiger charge is 2.55. The van der Waals surface area contributed by atoms with Crippen molar-refractivity contribution in [3.63, 3.8) is 0 Å². The highest BCUT2D eigenvalue weighted by molar-refractivity contribution is 5.88. The molecular formula is C16H26N2O5. The van der Waals surface area contributed by atoms with Crippen LogP contribution >= 0.6 is 0 Å². The van der Waals surface area contributed by atoms with E-state index in [0.29, 0.717) is 6.54 Å². The van der Waals surface area contributed by atoms with Crippen molar-refractivity contribution in [1.82, 2.24) is 10.2 Å². The molecule has 0 radical (unpaired) electrons. The van der Waals surface area contributed by atoms with Crippen molar-refractivity contribution in [2.24, 2.45) is 11.3 Å². The summed E-state index contributed by atoms with van der Waals surface area (Å²) < 4.78 is 5.15. The van der Waals surface area contributed by atoms with Crippen LogP contribution in [0, 0.1) is 11.3 Å². The third-order valence-corrected chi connectivity index (χ3v) is 4.54. The van der Waals surface area contributed by atoms with E-state index in [9.17, 15) is 19.5 Å². The number of rotatable bonds is 3. The number of aliphatic carboxylic acids is 1. The minimum absolute atomic E-state index is 0.00977. The van der Waals surface area contributed by atoms with Crippen LogP contribution in [0.1, 0.15) is 47.5 Å². The zero-order chi connectivity index (χ0) is 17.6. The molecule has 2 rings (SSSR count). The highest BCUT2D eigenvalue weighted by atomic mass is 16.6. The molecule has 7 nitrogen and oxygen atoms in total. The molecule has 2 unspecified atom stereocenters. The summed E-state index contributed by atoms with van der Waals surface area (Å²) in [5, 5.41) is 12.0. The third kappa shape index (κ3) is 3.76. The van der Waals surface area contributed by atoms with Gasteiger partial charge in [-0.2, -0.15) is 0 Å². The van der Waals surface area contributed by atoms with Gasteiger partial charge < -0.3 is 20.1 Å². The van der Waals surface area contributed by atoms with Gasteiger partial charge in [0.15, 0.2) is 5.54 Å². The summed E-state index contributed by atoms with van der Waals surface area (Å²) >= 11 is 0. The number of carboxylic acid groups (broad SMARTS) is 1. The average Bonchev–Trinajstić information content (AvgIpc) is 2.81. The second-order valence-corrected chi connectivity index (χ2v) is 8.27. The Morgan fingerprint density at radius 3 is 2.26 bits per heavy atom. The molecule has 2 atom stereocenters. The molecule has 1 heterocycles. The van der Waals surface area contributed by atoms with Crippen LogP contribution in [-0.2, 0) is 14.3 Å². The number of carboxylic acids is 1. The number of amides is 2. The molecule has 2 fully saturated rings. The van der Waals surface area contributed by atoms with Crippen LogP contribution in [0.3, 0.4) is 0 Å². The molecule has 2 amide bonds. The molecule has 0 aromatic heterocycles. The lowest BCUT2D eigenvalue weighted by atomic mass is 9.99. The zero-order valence-corrected chi connectivity index (χ0v) is 14.4. The maximum atomic E-state index is 12.4. The Morgan fingerprint density at radius 2 is 1.83 bits per heavy atom. The number of hydrogen-bond acceptors (Lipinski definition) is 4. The Kier molecular flexibility index (Phi) is 4.11. The minimum atomic E-state index is -1.48. The van der Waals surface area contributed by atoms with Gasteiger partial charge in [0.2, 0.25) is 5.91 Å². The molecule has 23 heavy (non-hydrogen) atoms. The maximum absolute atomic E-state index is 12.4. The van der Waals surface area contributed by atoms with E-state index in [1.54, 1.807) is 25.7 Å². The average molecular weight is 326 g/mol. The Bertz CT molecular complexity index is 537. The van der Waals surface area contributed by atoms with Crippen molar-refractivity contribution in [3.05, 3.63) is 0 Å². The van der Waals surface area contributed by atoms with Crippen molar-refractivity contribution in [1.29, 1.82) is 0 Å². The van der Waals surface area contributed by atoms with Crippen molar-refractivity contribution < 1.29 is 24.2 Å². The molecule has 2 N–H and O–H groups in total. The van der Waals surface area contributed by atoms with Crippen molar-refractivity contribution in [3.8, 4) is 0 Å². The number of carbonyl (C=O) groups is 3. The van der Waals surface area contributed by atoms with Gasteiger partial charge >= 0.3 is 12.1 Å². The molecule has 0 aromatic rings. The Balaban J connectivity index is 2.04. The van der Waals surface area contributed by atoms with Crippen LogP contribution in [0.2, 0.25) is 0 Å². The van der Waals surface area contributed by atoms with Gasteiger partial charge in [0.25, 0.3) is 0 Å². The molecule has 0 aromatic carbocycles. The number of nitrogens with zero attached hydrogens (tertiary/aromatic N) is 1. The maximum Gasteiger partial charge on any atom is 0.408 e. The third-order valence-electron chi connectivity index (χ3n) is 4.54. The number of nitrogens with one attached hydrogen (secondary N) is 1.